The first-order chi connectivity index (χ1) is 14.9. The van der Waals surface area contributed by atoms with Crippen LogP contribution in [0.3, 0.4) is 0 Å². The van der Waals surface area contributed by atoms with E-state index in [-0.39, 0.29) is 16.5 Å². The molecule has 0 bridgehead atoms. The third-order valence-corrected chi connectivity index (χ3v) is 5.15. The molecule has 14 heteroatoms. The van der Waals surface area contributed by atoms with Crippen LogP contribution in [-0.4, -0.2) is 56.9 Å². The molecule has 2 aromatic heterocycles. The average molecular weight is 489 g/mol. The molecule has 3 rings (SSSR count). The molecule has 0 aliphatic rings. The first-order valence-electron chi connectivity index (χ1n) is 8.89. The minimum absolute atomic E-state index is 0.103. The Balaban J connectivity index is 1.79. The van der Waals surface area contributed by atoms with Gasteiger partial charge in [-0.25, -0.2) is 9.97 Å². The SMILES string of the molecule is C[C@H](NC(=O)c1cc(Cl)cc(OC(F)(F)F)c1)c1ncnn1-c1ncc(C(=O)N(C)C)s1. The van der Waals surface area contributed by atoms with Gasteiger partial charge in [0.1, 0.15) is 17.0 Å². The summed E-state index contributed by atoms with van der Waals surface area (Å²) < 4.78 is 42.7. The maximum Gasteiger partial charge on any atom is 0.573 e. The number of rotatable bonds is 6. The lowest BCUT2D eigenvalue weighted by Gasteiger charge is -2.15. The van der Waals surface area contributed by atoms with Crippen LogP contribution in [0.25, 0.3) is 5.13 Å². The Morgan fingerprint density at radius 1 is 1.25 bits per heavy atom. The Bertz CT molecular complexity index is 1150. The van der Waals surface area contributed by atoms with Crippen molar-refractivity contribution in [3.63, 3.8) is 0 Å². The summed E-state index contributed by atoms with van der Waals surface area (Å²) in [5.41, 5.74) is -0.136. The summed E-state index contributed by atoms with van der Waals surface area (Å²) in [7, 11) is 3.22. The molecule has 1 N–H and O–H groups in total. The van der Waals surface area contributed by atoms with Crippen molar-refractivity contribution in [2.24, 2.45) is 0 Å². The van der Waals surface area contributed by atoms with Crippen LogP contribution in [0.2, 0.25) is 5.02 Å². The normalized spacial score (nSPS) is 12.3. The summed E-state index contributed by atoms with van der Waals surface area (Å²) in [6.45, 7) is 1.61. The molecule has 170 valence electrons. The quantitative estimate of drug-likeness (QED) is 0.570. The fourth-order valence-electron chi connectivity index (χ4n) is 2.61. The predicted octanol–water partition coefficient (Wildman–Crippen LogP) is 3.47. The van der Waals surface area contributed by atoms with E-state index in [1.165, 1.54) is 28.2 Å². The second kappa shape index (κ2) is 9.12. The van der Waals surface area contributed by atoms with E-state index in [0.717, 1.165) is 23.5 Å². The smallest absolute Gasteiger partial charge is 0.406 e. The minimum Gasteiger partial charge on any atom is -0.406 e. The standard InChI is InChI=1S/C18H16ClF3N6O3S/c1-9(26-15(29)10-4-11(19)6-12(5-10)31-18(20,21)22)14-24-8-25-28(14)17-23-7-13(32-17)16(30)27(2)3/h4-9H,1-3H3,(H,26,29)/t9-/m0/s1. The summed E-state index contributed by atoms with van der Waals surface area (Å²) in [5.74, 6) is -1.25. The first kappa shape index (κ1) is 23.5. The molecule has 2 heterocycles. The van der Waals surface area contributed by atoms with Crippen molar-refractivity contribution in [2.75, 3.05) is 14.1 Å². The molecule has 32 heavy (non-hydrogen) atoms. The van der Waals surface area contributed by atoms with Gasteiger partial charge in [-0.1, -0.05) is 22.9 Å². The second-order valence-electron chi connectivity index (χ2n) is 6.66. The molecule has 0 unspecified atom stereocenters. The van der Waals surface area contributed by atoms with Crippen molar-refractivity contribution < 1.29 is 27.5 Å². The largest absolute Gasteiger partial charge is 0.573 e. The zero-order valence-corrected chi connectivity index (χ0v) is 18.4. The van der Waals surface area contributed by atoms with Crippen molar-refractivity contribution in [3.8, 4) is 10.9 Å². The second-order valence-corrected chi connectivity index (χ2v) is 8.10. The van der Waals surface area contributed by atoms with Crippen molar-refractivity contribution in [1.29, 1.82) is 0 Å². The van der Waals surface area contributed by atoms with Crippen molar-refractivity contribution in [2.45, 2.75) is 19.3 Å². The monoisotopic (exact) mass is 488 g/mol. The highest BCUT2D eigenvalue weighted by molar-refractivity contribution is 7.16. The number of thiazole rings is 1. The lowest BCUT2D eigenvalue weighted by atomic mass is 10.2. The predicted molar refractivity (Wildman–Crippen MR) is 109 cm³/mol. The Kier molecular flexibility index (Phi) is 6.69. The van der Waals surface area contributed by atoms with Gasteiger partial charge in [-0.2, -0.15) is 9.78 Å². The number of amides is 2. The molecular weight excluding hydrogens is 473 g/mol. The zero-order valence-electron chi connectivity index (χ0n) is 16.8. The molecular formula is C18H16ClF3N6O3S. The molecule has 1 atom stereocenters. The number of hydrogen-bond acceptors (Lipinski definition) is 7. The molecule has 3 aromatic rings. The van der Waals surface area contributed by atoms with Crippen molar-refractivity contribution in [3.05, 3.63) is 52.0 Å². The number of ether oxygens (including phenoxy) is 1. The lowest BCUT2D eigenvalue weighted by molar-refractivity contribution is -0.274. The number of carbonyl (C=O) groups is 2. The summed E-state index contributed by atoms with van der Waals surface area (Å²) >= 11 is 6.91. The summed E-state index contributed by atoms with van der Waals surface area (Å²) in [5, 5.41) is 6.95. The van der Waals surface area contributed by atoms with Gasteiger partial charge in [0, 0.05) is 24.7 Å². The van der Waals surface area contributed by atoms with Crippen LogP contribution in [0.5, 0.6) is 5.75 Å². The molecule has 0 aliphatic heterocycles. The molecule has 2 amide bonds. The van der Waals surface area contributed by atoms with Gasteiger partial charge in [-0.3, -0.25) is 9.59 Å². The number of nitrogens with zero attached hydrogens (tertiary/aromatic N) is 5. The van der Waals surface area contributed by atoms with Gasteiger partial charge in [-0.05, 0) is 25.1 Å². The minimum atomic E-state index is -4.93. The maximum absolute atomic E-state index is 12.6. The van der Waals surface area contributed by atoms with E-state index in [4.69, 9.17) is 11.6 Å². The number of hydrogen-bond donors (Lipinski definition) is 1. The van der Waals surface area contributed by atoms with Gasteiger partial charge in [0.2, 0.25) is 5.13 Å². The van der Waals surface area contributed by atoms with E-state index in [1.54, 1.807) is 21.0 Å². The van der Waals surface area contributed by atoms with Gasteiger partial charge in [0.25, 0.3) is 11.8 Å². The molecule has 0 fully saturated rings. The van der Waals surface area contributed by atoms with Crippen molar-refractivity contribution in [1.82, 2.24) is 30.0 Å². The van der Waals surface area contributed by atoms with Crippen LogP contribution in [0.1, 0.15) is 38.8 Å². The fourth-order valence-corrected chi connectivity index (χ4v) is 3.74. The number of carbonyl (C=O) groups excluding carboxylic acids is 2. The molecule has 0 saturated carbocycles. The Morgan fingerprint density at radius 3 is 2.62 bits per heavy atom. The van der Waals surface area contributed by atoms with E-state index < -0.39 is 24.1 Å². The summed E-state index contributed by atoms with van der Waals surface area (Å²) in [4.78, 5) is 34.8. The van der Waals surface area contributed by atoms with Crippen molar-refractivity contribution >= 4 is 34.8 Å². The Morgan fingerprint density at radius 2 is 1.97 bits per heavy atom. The third kappa shape index (κ3) is 5.53. The summed E-state index contributed by atoms with van der Waals surface area (Å²) in [6.07, 6.45) is -2.27. The Labute approximate surface area is 188 Å². The van der Waals surface area contributed by atoms with Gasteiger partial charge in [0.05, 0.1) is 12.2 Å². The van der Waals surface area contributed by atoms with Crippen LogP contribution in [0.4, 0.5) is 13.2 Å². The average Bonchev–Trinajstić information content (AvgIpc) is 3.34. The number of nitrogens with one attached hydrogen (secondary N) is 1. The van der Waals surface area contributed by atoms with E-state index in [2.05, 4.69) is 25.1 Å². The molecule has 1 aromatic carbocycles. The number of aromatic nitrogens is 4. The fraction of sp³-hybridized carbons (Fsp3) is 0.278. The Hall–Kier alpha value is -3.19. The van der Waals surface area contributed by atoms with E-state index in [9.17, 15) is 22.8 Å². The first-order valence-corrected chi connectivity index (χ1v) is 10.1. The van der Waals surface area contributed by atoms with Gasteiger partial charge < -0.3 is 15.0 Å². The van der Waals surface area contributed by atoms with E-state index >= 15 is 0 Å². The number of halogens is 4. The van der Waals surface area contributed by atoms with Crippen LogP contribution in [0.15, 0.2) is 30.7 Å². The maximum atomic E-state index is 12.6. The van der Waals surface area contributed by atoms with Crippen LogP contribution in [-0.2, 0) is 0 Å². The molecule has 0 spiro atoms. The highest BCUT2D eigenvalue weighted by Gasteiger charge is 2.31. The van der Waals surface area contributed by atoms with Crippen LogP contribution < -0.4 is 10.1 Å². The highest BCUT2D eigenvalue weighted by Crippen LogP contribution is 2.27. The summed E-state index contributed by atoms with van der Waals surface area (Å²) in [6, 6.07) is 2.36. The highest BCUT2D eigenvalue weighted by atomic mass is 35.5. The van der Waals surface area contributed by atoms with E-state index in [1.807, 2.05) is 0 Å². The number of benzene rings is 1. The van der Waals surface area contributed by atoms with E-state index in [0.29, 0.717) is 15.8 Å². The molecule has 0 radical (unpaired) electrons. The molecule has 0 aliphatic carbocycles. The van der Waals surface area contributed by atoms with Gasteiger partial charge >= 0.3 is 6.36 Å². The molecule has 9 nitrogen and oxygen atoms in total. The van der Waals surface area contributed by atoms with Gasteiger partial charge in [0.15, 0.2) is 5.82 Å². The van der Waals surface area contributed by atoms with Crippen LogP contribution >= 0.6 is 22.9 Å². The zero-order chi connectivity index (χ0) is 23.6. The lowest BCUT2D eigenvalue weighted by Crippen LogP contribution is -2.29. The topological polar surface area (TPSA) is 102 Å². The molecule has 0 saturated heterocycles. The number of alkyl halides is 3. The van der Waals surface area contributed by atoms with Gasteiger partial charge in [-0.15, -0.1) is 13.2 Å². The third-order valence-electron chi connectivity index (χ3n) is 3.97. The van der Waals surface area contributed by atoms with Crippen LogP contribution in [0, 0.1) is 0 Å².